The number of rotatable bonds is 3. The Labute approximate surface area is 153 Å². The molecule has 0 saturated carbocycles. The quantitative estimate of drug-likeness (QED) is 0.842. The molecule has 1 aliphatic carbocycles. The molecule has 0 N–H and O–H groups in total. The van der Waals surface area contributed by atoms with Gasteiger partial charge in [-0.05, 0) is 61.6 Å². The monoisotopic (exact) mass is 356 g/mol. The smallest absolute Gasteiger partial charge is 0.264 e. The highest BCUT2D eigenvalue weighted by atomic mass is 32.1. The second kappa shape index (κ2) is 7.08. The van der Waals surface area contributed by atoms with E-state index in [2.05, 4.69) is 23.1 Å². The molecule has 25 heavy (non-hydrogen) atoms. The zero-order valence-corrected chi connectivity index (χ0v) is 15.5. The summed E-state index contributed by atoms with van der Waals surface area (Å²) in [5.74, 6) is 1.09. The van der Waals surface area contributed by atoms with E-state index in [0.29, 0.717) is 0 Å². The lowest BCUT2D eigenvalue weighted by Crippen LogP contribution is -2.48. The lowest BCUT2D eigenvalue weighted by atomic mass is 9.99. The molecule has 5 heteroatoms. The summed E-state index contributed by atoms with van der Waals surface area (Å²) >= 11 is 1.72. The van der Waals surface area contributed by atoms with Crippen LogP contribution in [0.5, 0.6) is 5.75 Å². The number of anilines is 1. The van der Waals surface area contributed by atoms with Crippen LogP contribution in [0.25, 0.3) is 0 Å². The number of benzene rings is 1. The molecule has 0 unspecified atom stereocenters. The molecule has 0 spiro atoms. The van der Waals surface area contributed by atoms with Gasteiger partial charge >= 0.3 is 0 Å². The Morgan fingerprint density at radius 3 is 2.44 bits per heavy atom. The molecule has 1 amide bonds. The van der Waals surface area contributed by atoms with Crippen molar-refractivity contribution in [1.82, 2.24) is 4.90 Å². The van der Waals surface area contributed by atoms with Crippen molar-refractivity contribution in [1.29, 1.82) is 0 Å². The fourth-order valence-corrected chi connectivity index (χ4v) is 4.93. The van der Waals surface area contributed by atoms with E-state index in [0.717, 1.165) is 49.6 Å². The number of nitrogens with zero attached hydrogens (tertiary/aromatic N) is 2. The summed E-state index contributed by atoms with van der Waals surface area (Å²) in [6.45, 7) is 3.33. The van der Waals surface area contributed by atoms with Crippen LogP contribution in [0.15, 0.2) is 30.3 Å². The zero-order valence-electron chi connectivity index (χ0n) is 14.7. The first-order chi connectivity index (χ1) is 12.2. The van der Waals surface area contributed by atoms with E-state index in [4.69, 9.17) is 4.74 Å². The first kappa shape index (κ1) is 16.5. The summed E-state index contributed by atoms with van der Waals surface area (Å²) in [6.07, 6.45) is 4.82. The van der Waals surface area contributed by atoms with Gasteiger partial charge in [0, 0.05) is 36.7 Å². The number of thiophene rings is 1. The Bertz CT molecular complexity index is 722. The summed E-state index contributed by atoms with van der Waals surface area (Å²) in [7, 11) is 1.68. The summed E-state index contributed by atoms with van der Waals surface area (Å²) in [5, 5.41) is 0. The maximum absolute atomic E-state index is 12.8. The van der Waals surface area contributed by atoms with Gasteiger partial charge in [0.2, 0.25) is 0 Å². The minimum atomic E-state index is 0.216. The molecule has 1 aliphatic heterocycles. The molecule has 2 aliphatic rings. The van der Waals surface area contributed by atoms with Gasteiger partial charge in [-0.25, -0.2) is 0 Å². The number of ether oxygens (including phenoxy) is 1. The summed E-state index contributed by atoms with van der Waals surface area (Å²) in [5.41, 5.74) is 2.61. The zero-order chi connectivity index (χ0) is 17.2. The SMILES string of the molecule is COc1ccc(N2CCN(C(=O)c3cc4c(s3)CCCC4)CC2)cc1. The fourth-order valence-electron chi connectivity index (χ4n) is 3.71. The van der Waals surface area contributed by atoms with Gasteiger partial charge in [-0.1, -0.05) is 0 Å². The van der Waals surface area contributed by atoms with Crippen molar-refractivity contribution in [3.63, 3.8) is 0 Å². The number of piperazine rings is 1. The van der Waals surface area contributed by atoms with Gasteiger partial charge in [0.25, 0.3) is 5.91 Å². The minimum Gasteiger partial charge on any atom is -0.497 e. The lowest BCUT2D eigenvalue weighted by Gasteiger charge is -2.36. The summed E-state index contributed by atoms with van der Waals surface area (Å²) in [4.78, 5) is 19.6. The Kier molecular flexibility index (Phi) is 4.66. The van der Waals surface area contributed by atoms with Gasteiger partial charge < -0.3 is 14.5 Å². The summed E-state index contributed by atoms with van der Waals surface area (Å²) in [6, 6.07) is 10.3. The third-order valence-corrected chi connectivity index (χ3v) is 6.44. The highest BCUT2D eigenvalue weighted by Crippen LogP contribution is 2.30. The lowest BCUT2D eigenvalue weighted by molar-refractivity contribution is 0.0751. The number of methoxy groups -OCH3 is 1. The van der Waals surface area contributed by atoms with Crippen molar-refractivity contribution in [2.45, 2.75) is 25.7 Å². The number of amides is 1. The first-order valence-corrected chi connectivity index (χ1v) is 9.86. The number of hydrogen-bond acceptors (Lipinski definition) is 4. The maximum atomic E-state index is 12.8. The highest BCUT2D eigenvalue weighted by Gasteiger charge is 2.25. The van der Waals surface area contributed by atoms with Crippen molar-refractivity contribution in [2.75, 3.05) is 38.2 Å². The van der Waals surface area contributed by atoms with Crippen molar-refractivity contribution in [2.24, 2.45) is 0 Å². The Morgan fingerprint density at radius 2 is 1.76 bits per heavy atom. The molecular weight excluding hydrogens is 332 g/mol. The van der Waals surface area contributed by atoms with E-state index in [1.807, 2.05) is 17.0 Å². The van der Waals surface area contributed by atoms with Gasteiger partial charge in [-0.3, -0.25) is 4.79 Å². The maximum Gasteiger partial charge on any atom is 0.264 e. The van der Waals surface area contributed by atoms with Crippen LogP contribution >= 0.6 is 11.3 Å². The minimum absolute atomic E-state index is 0.216. The third kappa shape index (κ3) is 3.38. The Morgan fingerprint density at radius 1 is 1.04 bits per heavy atom. The molecule has 2 aromatic rings. The van der Waals surface area contributed by atoms with E-state index in [9.17, 15) is 4.79 Å². The molecule has 1 aromatic carbocycles. The molecule has 0 atom stereocenters. The topological polar surface area (TPSA) is 32.8 Å². The fraction of sp³-hybridized carbons (Fsp3) is 0.450. The largest absolute Gasteiger partial charge is 0.497 e. The van der Waals surface area contributed by atoms with Crippen molar-refractivity contribution >= 4 is 22.9 Å². The van der Waals surface area contributed by atoms with E-state index in [1.165, 1.54) is 29.0 Å². The average Bonchev–Trinajstić information content (AvgIpc) is 3.12. The van der Waals surface area contributed by atoms with Crippen LogP contribution in [0.4, 0.5) is 5.69 Å². The molecule has 132 valence electrons. The second-order valence-electron chi connectivity index (χ2n) is 6.74. The Balaban J connectivity index is 1.39. The molecule has 4 rings (SSSR count). The molecule has 2 heterocycles. The summed E-state index contributed by atoms with van der Waals surface area (Å²) < 4.78 is 5.22. The predicted molar refractivity (Wildman–Crippen MR) is 102 cm³/mol. The van der Waals surface area contributed by atoms with Gasteiger partial charge in [0.1, 0.15) is 5.75 Å². The van der Waals surface area contributed by atoms with Crippen LogP contribution in [-0.2, 0) is 12.8 Å². The number of hydrogen-bond donors (Lipinski definition) is 0. The predicted octanol–water partition coefficient (Wildman–Crippen LogP) is 3.60. The van der Waals surface area contributed by atoms with E-state index in [1.54, 1.807) is 18.4 Å². The van der Waals surface area contributed by atoms with Gasteiger partial charge in [-0.2, -0.15) is 0 Å². The standard InChI is InChI=1S/C20H24N2O2S/c1-24-17-8-6-16(7-9-17)21-10-12-22(13-11-21)20(23)19-14-15-4-2-3-5-18(15)25-19/h6-9,14H,2-5,10-13H2,1H3. The van der Waals surface area contributed by atoms with E-state index in [-0.39, 0.29) is 5.91 Å². The third-order valence-electron chi connectivity index (χ3n) is 5.21. The number of carbonyl (C=O) groups excluding carboxylic acids is 1. The van der Waals surface area contributed by atoms with Crippen LogP contribution in [0, 0.1) is 0 Å². The number of aryl methyl sites for hydroxylation is 2. The molecular formula is C20H24N2O2S. The Hall–Kier alpha value is -2.01. The molecule has 0 bridgehead atoms. The van der Waals surface area contributed by atoms with Crippen molar-refractivity contribution in [3.8, 4) is 5.75 Å². The normalized spacial score (nSPS) is 17.3. The number of fused-ring (bicyclic) bond motifs is 1. The van der Waals surface area contributed by atoms with Gasteiger partial charge in [-0.15, -0.1) is 11.3 Å². The van der Waals surface area contributed by atoms with Crippen LogP contribution in [-0.4, -0.2) is 44.1 Å². The second-order valence-corrected chi connectivity index (χ2v) is 7.88. The first-order valence-electron chi connectivity index (χ1n) is 9.04. The van der Waals surface area contributed by atoms with Crippen molar-refractivity contribution < 1.29 is 9.53 Å². The molecule has 0 radical (unpaired) electrons. The molecule has 1 aromatic heterocycles. The van der Waals surface area contributed by atoms with E-state index < -0.39 is 0 Å². The highest BCUT2D eigenvalue weighted by molar-refractivity contribution is 7.14. The molecule has 1 saturated heterocycles. The van der Waals surface area contributed by atoms with Crippen LogP contribution < -0.4 is 9.64 Å². The van der Waals surface area contributed by atoms with Crippen molar-refractivity contribution in [3.05, 3.63) is 45.6 Å². The van der Waals surface area contributed by atoms with Crippen LogP contribution in [0.2, 0.25) is 0 Å². The van der Waals surface area contributed by atoms with E-state index >= 15 is 0 Å². The molecule has 4 nitrogen and oxygen atoms in total. The number of carbonyl (C=O) groups is 1. The van der Waals surface area contributed by atoms with Crippen LogP contribution in [0.1, 0.15) is 33.0 Å². The van der Waals surface area contributed by atoms with Gasteiger partial charge in [0.15, 0.2) is 0 Å². The molecule has 1 fully saturated rings. The van der Waals surface area contributed by atoms with Crippen LogP contribution in [0.3, 0.4) is 0 Å². The van der Waals surface area contributed by atoms with Gasteiger partial charge in [0.05, 0.1) is 12.0 Å². The average molecular weight is 356 g/mol.